The van der Waals surface area contributed by atoms with E-state index in [4.69, 9.17) is 16.3 Å². The summed E-state index contributed by atoms with van der Waals surface area (Å²) in [5, 5.41) is 0.636. The number of nitrogens with zero attached hydrogens (tertiary/aromatic N) is 2. The predicted molar refractivity (Wildman–Crippen MR) is 113 cm³/mol. The summed E-state index contributed by atoms with van der Waals surface area (Å²) >= 11 is 7.74. The summed E-state index contributed by atoms with van der Waals surface area (Å²) in [6, 6.07) is 13.8. The Hall–Kier alpha value is -1.85. The van der Waals surface area contributed by atoms with Crippen LogP contribution in [0.15, 0.2) is 47.4 Å². The molecule has 6 heteroatoms. The van der Waals surface area contributed by atoms with Crippen molar-refractivity contribution in [1.82, 2.24) is 4.90 Å². The minimum absolute atomic E-state index is 0.113. The van der Waals surface area contributed by atoms with Crippen LogP contribution >= 0.6 is 23.4 Å². The van der Waals surface area contributed by atoms with Gasteiger partial charge in [-0.15, -0.1) is 11.8 Å². The highest BCUT2D eigenvalue weighted by Crippen LogP contribution is 2.28. The van der Waals surface area contributed by atoms with Crippen LogP contribution in [0.2, 0.25) is 5.02 Å². The lowest BCUT2D eigenvalue weighted by molar-refractivity contribution is -0.130. The Morgan fingerprint density at radius 2 is 1.78 bits per heavy atom. The monoisotopic (exact) mass is 404 g/mol. The van der Waals surface area contributed by atoms with Crippen molar-refractivity contribution in [2.24, 2.45) is 0 Å². The number of rotatable bonds is 5. The average Bonchev–Trinajstić information content (AvgIpc) is 2.70. The van der Waals surface area contributed by atoms with E-state index in [9.17, 15) is 4.79 Å². The molecule has 27 heavy (non-hydrogen) atoms. The number of benzene rings is 2. The van der Waals surface area contributed by atoms with Gasteiger partial charge >= 0.3 is 0 Å². The first kappa shape index (κ1) is 19.9. The molecule has 0 aliphatic carbocycles. The number of ether oxygens (including phenoxy) is 1. The Kier molecular flexibility index (Phi) is 6.55. The van der Waals surface area contributed by atoms with E-state index >= 15 is 0 Å². The van der Waals surface area contributed by atoms with Crippen molar-refractivity contribution in [2.45, 2.75) is 24.0 Å². The Morgan fingerprint density at radius 1 is 1.11 bits per heavy atom. The Bertz CT molecular complexity index is 789. The second-order valence-corrected chi connectivity index (χ2v) is 8.53. The Morgan fingerprint density at radius 3 is 2.41 bits per heavy atom. The van der Waals surface area contributed by atoms with Gasteiger partial charge < -0.3 is 14.5 Å². The molecule has 2 aromatic rings. The van der Waals surface area contributed by atoms with E-state index in [0.29, 0.717) is 0 Å². The molecular formula is C21H25ClN2O2S. The van der Waals surface area contributed by atoms with E-state index in [1.54, 1.807) is 18.9 Å². The fourth-order valence-corrected chi connectivity index (χ4v) is 4.37. The molecule has 2 aromatic carbocycles. The highest BCUT2D eigenvalue weighted by atomic mass is 35.5. The third kappa shape index (κ3) is 4.90. The molecule has 0 N–H and O–H groups in total. The van der Waals surface area contributed by atoms with Crippen LogP contribution in [0.1, 0.15) is 12.5 Å². The standard InChI is InChI=1S/C21H25ClN2O2S/c1-15-4-5-17(22)14-20(15)23-10-12-24(13-11-23)21(25)16(2)27-19-8-6-18(26-3)7-9-19/h4-9,14,16H,10-13H2,1-3H3/t16-/m0/s1. The summed E-state index contributed by atoms with van der Waals surface area (Å²) in [4.78, 5) is 18.2. The highest BCUT2D eigenvalue weighted by Gasteiger charge is 2.26. The van der Waals surface area contributed by atoms with Crippen molar-refractivity contribution >= 4 is 35.0 Å². The number of methoxy groups -OCH3 is 1. The van der Waals surface area contributed by atoms with Crippen LogP contribution in [-0.2, 0) is 4.79 Å². The number of amides is 1. The Labute approximate surface area is 170 Å². The molecule has 0 bridgehead atoms. The van der Waals surface area contributed by atoms with Gasteiger partial charge in [-0.3, -0.25) is 4.79 Å². The molecule has 1 saturated heterocycles. The van der Waals surface area contributed by atoms with Crippen molar-refractivity contribution < 1.29 is 9.53 Å². The minimum Gasteiger partial charge on any atom is -0.497 e. The lowest BCUT2D eigenvalue weighted by Crippen LogP contribution is -2.50. The van der Waals surface area contributed by atoms with Crippen LogP contribution in [0, 0.1) is 6.92 Å². The Balaban J connectivity index is 1.56. The van der Waals surface area contributed by atoms with Crippen molar-refractivity contribution in [2.75, 3.05) is 38.2 Å². The maximum absolute atomic E-state index is 12.8. The predicted octanol–water partition coefficient (Wildman–Crippen LogP) is 4.49. The van der Waals surface area contributed by atoms with Crippen LogP contribution < -0.4 is 9.64 Å². The number of piperazine rings is 1. The first-order valence-electron chi connectivity index (χ1n) is 9.08. The number of carbonyl (C=O) groups excluding carboxylic acids is 1. The molecule has 0 radical (unpaired) electrons. The van der Waals surface area contributed by atoms with Crippen molar-refractivity contribution in [3.8, 4) is 5.75 Å². The number of aryl methyl sites for hydroxylation is 1. The van der Waals surface area contributed by atoms with Gasteiger partial charge in [0.1, 0.15) is 5.75 Å². The number of anilines is 1. The molecule has 144 valence electrons. The average molecular weight is 405 g/mol. The van der Waals surface area contributed by atoms with Gasteiger partial charge in [0.2, 0.25) is 5.91 Å². The molecule has 0 aromatic heterocycles. The maximum atomic E-state index is 12.8. The molecule has 1 atom stereocenters. The van der Waals surface area contributed by atoms with Gasteiger partial charge in [-0.1, -0.05) is 17.7 Å². The van der Waals surface area contributed by atoms with Crippen LogP contribution in [0.4, 0.5) is 5.69 Å². The smallest absolute Gasteiger partial charge is 0.235 e. The quantitative estimate of drug-likeness (QED) is 0.687. The number of hydrogen-bond donors (Lipinski definition) is 0. The zero-order valence-corrected chi connectivity index (χ0v) is 17.5. The molecule has 0 unspecified atom stereocenters. The van der Waals surface area contributed by atoms with Gasteiger partial charge in [-0.2, -0.15) is 0 Å². The summed E-state index contributed by atoms with van der Waals surface area (Å²) < 4.78 is 5.18. The molecule has 0 spiro atoms. The lowest BCUT2D eigenvalue weighted by Gasteiger charge is -2.37. The second kappa shape index (κ2) is 8.89. The summed E-state index contributed by atoms with van der Waals surface area (Å²) in [5.41, 5.74) is 2.37. The summed E-state index contributed by atoms with van der Waals surface area (Å²) in [6.45, 7) is 7.19. The number of hydrogen-bond acceptors (Lipinski definition) is 4. The number of halogens is 1. The second-order valence-electron chi connectivity index (χ2n) is 6.68. The minimum atomic E-state index is -0.113. The summed E-state index contributed by atoms with van der Waals surface area (Å²) in [7, 11) is 1.65. The van der Waals surface area contributed by atoms with E-state index in [1.807, 2.05) is 54.3 Å². The maximum Gasteiger partial charge on any atom is 0.235 e. The largest absolute Gasteiger partial charge is 0.497 e. The fourth-order valence-electron chi connectivity index (χ4n) is 3.26. The van der Waals surface area contributed by atoms with E-state index < -0.39 is 0 Å². The van der Waals surface area contributed by atoms with Crippen molar-refractivity contribution in [3.63, 3.8) is 0 Å². The van der Waals surface area contributed by atoms with Crippen LogP contribution in [0.5, 0.6) is 5.75 Å². The molecule has 1 fully saturated rings. The molecule has 0 saturated carbocycles. The molecule has 1 heterocycles. The first-order valence-corrected chi connectivity index (χ1v) is 10.3. The van der Waals surface area contributed by atoms with E-state index in [2.05, 4.69) is 11.8 Å². The SMILES string of the molecule is COc1ccc(S[C@@H](C)C(=O)N2CCN(c3cc(Cl)ccc3C)CC2)cc1. The van der Waals surface area contributed by atoms with Gasteiger partial charge in [0.05, 0.1) is 12.4 Å². The first-order chi connectivity index (χ1) is 13.0. The summed E-state index contributed by atoms with van der Waals surface area (Å²) in [5.74, 6) is 1.02. The summed E-state index contributed by atoms with van der Waals surface area (Å²) in [6.07, 6.45) is 0. The van der Waals surface area contributed by atoms with E-state index in [1.165, 1.54) is 5.56 Å². The van der Waals surface area contributed by atoms with Gasteiger partial charge in [-0.25, -0.2) is 0 Å². The van der Waals surface area contributed by atoms with Gasteiger partial charge in [0.15, 0.2) is 0 Å². The molecule has 4 nitrogen and oxygen atoms in total. The topological polar surface area (TPSA) is 32.8 Å². The molecule has 1 amide bonds. The molecule has 3 rings (SSSR count). The molecule has 1 aliphatic rings. The highest BCUT2D eigenvalue weighted by molar-refractivity contribution is 8.00. The van der Waals surface area contributed by atoms with Crippen molar-refractivity contribution in [1.29, 1.82) is 0 Å². The van der Waals surface area contributed by atoms with Crippen LogP contribution in [-0.4, -0.2) is 49.3 Å². The van der Waals surface area contributed by atoms with E-state index in [-0.39, 0.29) is 11.2 Å². The fraction of sp³-hybridized carbons (Fsp3) is 0.381. The number of carbonyl (C=O) groups is 1. The van der Waals surface area contributed by atoms with Crippen molar-refractivity contribution in [3.05, 3.63) is 53.1 Å². The van der Waals surface area contributed by atoms with Gasteiger partial charge in [0.25, 0.3) is 0 Å². The molecular weight excluding hydrogens is 380 g/mol. The zero-order valence-electron chi connectivity index (χ0n) is 15.9. The van der Waals surface area contributed by atoms with Gasteiger partial charge in [-0.05, 0) is 55.8 Å². The number of thioether (sulfide) groups is 1. The van der Waals surface area contributed by atoms with Gasteiger partial charge in [0, 0.05) is 41.8 Å². The van der Waals surface area contributed by atoms with Crippen LogP contribution in [0.3, 0.4) is 0 Å². The lowest BCUT2D eigenvalue weighted by atomic mass is 10.1. The van der Waals surface area contributed by atoms with E-state index in [0.717, 1.165) is 47.5 Å². The zero-order chi connectivity index (χ0) is 19.4. The third-order valence-electron chi connectivity index (χ3n) is 4.82. The third-order valence-corrected chi connectivity index (χ3v) is 6.16. The van der Waals surface area contributed by atoms with Crippen LogP contribution in [0.25, 0.3) is 0 Å². The normalized spacial score (nSPS) is 15.6. The molecule has 1 aliphatic heterocycles.